The van der Waals surface area contributed by atoms with E-state index in [1.54, 1.807) is 6.92 Å². The molecule has 0 saturated carbocycles. The molecule has 0 saturated heterocycles. The second-order valence-corrected chi connectivity index (χ2v) is 7.83. The summed E-state index contributed by atoms with van der Waals surface area (Å²) in [6.45, 7) is 7.52. The summed E-state index contributed by atoms with van der Waals surface area (Å²) in [5, 5.41) is 7.07. The molecule has 1 N–H and O–H groups in total. The number of nitrogens with zero attached hydrogens (tertiary/aromatic N) is 1. The summed E-state index contributed by atoms with van der Waals surface area (Å²) in [6.07, 6.45) is 0. The van der Waals surface area contributed by atoms with E-state index in [1.165, 1.54) is 18.4 Å². The zero-order valence-electron chi connectivity index (χ0n) is 16.9. The lowest BCUT2D eigenvalue weighted by atomic mass is 10.1. The molecule has 152 valence electrons. The highest BCUT2D eigenvalue weighted by Crippen LogP contribution is 2.33. The first-order chi connectivity index (χ1) is 13.8. The fourth-order valence-electron chi connectivity index (χ4n) is 2.83. The van der Waals surface area contributed by atoms with E-state index >= 15 is 0 Å². The molecular formula is C21H22N2O5S. The quantitative estimate of drug-likeness (QED) is 0.594. The van der Waals surface area contributed by atoms with E-state index in [2.05, 4.69) is 10.5 Å². The number of hydrogen-bond donors (Lipinski definition) is 1. The van der Waals surface area contributed by atoms with Crippen molar-refractivity contribution in [1.82, 2.24) is 5.16 Å². The van der Waals surface area contributed by atoms with Gasteiger partial charge in [-0.3, -0.25) is 4.79 Å². The number of anilines is 1. The molecule has 29 heavy (non-hydrogen) atoms. The van der Waals surface area contributed by atoms with Crippen molar-refractivity contribution in [3.8, 4) is 5.75 Å². The van der Waals surface area contributed by atoms with Crippen molar-refractivity contribution >= 4 is 28.2 Å². The molecule has 8 heteroatoms. The van der Waals surface area contributed by atoms with Gasteiger partial charge in [-0.2, -0.15) is 0 Å². The highest BCUT2D eigenvalue weighted by molar-refractivity contribution is 7.16. The maximum atomic E-state index is 12.9. The number of aromatic nitrogens is 1. The SMILES string of the molecule is COC(=O)c1c(NC(=O)c2noc(C)c2COc2cccc(C)c2)sc(C)c1C. The van der Waals surface area contributed by atoms with Crippen LogP contribution in [-0.4, -0.2) is 24.1 Å². The molecule has 0 atom stereocenters. The van der Waals surface area contributed by atoms with E-state index in [1.807, 2.05) is 45.0 Å². The van der Waals surface area contributed by atoms with Gasteiger partial charge in [0.2, 0.25) is 0 Å². The van der Waals surface area contributed by atoms with Crippen LogP contribution in [0.3, 0.4) is 0 Å². The number of rotatable bonds is 6. The highest BCUT2D eigenvalue weighted by Gasteiger charge is 2.25. The summed E-state index contributed by atoms with van der Waals surface area (Å²) in [6, 6.07) is 7.62. The van der Waals surface area contributed by atoms with Gasteiger partial charge in [-0.15, -0.1) is 11.3 Å². The van der Waals surface area contributed by atoms with Gasteiger partial charge >= 0.3 is 5.97 Å². The molecule has 0 bridgehead atoms. The molecule has 0 unspecified atom stereocenters. The van der Waals surface area contributed by atoms with E-state index in [4.69, 9.17) is 14.0 Å². The molecule has 0 spiro atoms. The molecule has 0 fully saturated rings. The van der Waals surface area contributed by atoms with Crippen LogP contribution in [0.15, 0.2) is 28.8 Å². The van der Waals surface area contributed by atoms with Crippen LogP contribution in [0, 0.1) is 27.7 Å². The number of amides is 1. The van der Waals surface area contributed by atoms with Crippen LogP contribution in [-0.2, 0) is 11.3 Å². The van der Waals surface area contributed by atoms with Gasteiger partial charge in [0, 0.05) is 4.88 Å². The Morgan fingerprint density at radius 3 is 2.66 bits per heavy atom. The third-order valence-corrected chi connectivity index (χ3v) is 5.70. The van der Waals surface area contributed by atoms with Gasteiger partial charge in [0.25, 0.3) is 5.91 Å². The molecule has 0 aliphatic heterocycles. The Morgan fingerprint density at radius 2 is 1.97 bits per heavy atom. The van der Waals surface area contributed by atoms with Gasteiger partial charge in [0.05, 0.1) is 18.2 Å². The molecule has 2 aromatic heterocycles. The molecular weight excluding hydrogens is 392 g/mol. The van der Waals surface area contributed by atoms with E-state index in [0.29, 0.717) is 27.6 Å². The van der Waals surface area contributed by atoms with E-state index in [9.17, 15) is 9.59 Å². The minimum atomic E-state index is -0.499. The first-order valence-corrected chi connectivity index (χ1v) is 9.77. The van der Waals surface area contributed by atoms with E-state index in [-0.39, 0.29) is 12.3 Å². The summed E-state index contributed by atoms with van der Waals surface area (Å²) in [4.78, 5) is 25.9. The number of carbonyl (C=O) groups is 2. The number of hydrogen-bond acceptors (Lipinski definition) is 7. The van der Waals surface area contributed by atoms with Crippen molar-refractivity contribution in [2.75, 3.05) is 12.4 Å². The number of methoxy groups -OCH3 is 1. The zero-order valence-corrected chi connectivity index (χ0v) is 17.7. The average Bonchev–Trinajstić information content (AvgIpc) is 3.19. The summed E-state index contributed by atoms with van der Waals surface area (Å²) in [5.74, 6) is 0.210. The minimum absolute atomic E-state index is 0.120. The molecule has 1 aromatic carbocycles. The first-order valence-electron chi connectivity index (χ1n) is 8.96. The van der Waals surface area contributed by atoms with Crippen molar-refractivity contribution in [2.24, 2.45) is 0 Å². The van der Waals surface area contributed by atoms with Gasteiger partial charge in [-0.25, -0.2) is 4.79 Å². The molecule has 0 aliphatic carbocycles. The van der Waals surface area contributed by atoms with Crippen LogP contribution in [0.2, 0.25) is 0 Å². The van der Waals surface area contributed by atoms with Crippen LogP contribution in [0.4, 0.5) is 5.00 Å². The number of thiophene rings is 1. The van der Waals surface area contributed by atoms with Crippen LogP contribution in [0.1, 0.15) is 48.2 Å². The van der Waals surface area contributed by atoms with E-state index in [0.717, 1.165) is 16.0 Å². The van der Waals surface area contributed by atoms with Crippen LogP contribution < -0.4 is 10.1 Å². The number of esters is 1. The lowest BCUT2D eigenvalue weighted by Gasteiger charge is -2.08. The van der Waals surface area contributed by atoms with Crippen LogP contribution in [0.5, 0.6) is 5.75 Å². The van der Waals surface area contributed by atoms with Crippen LogP contribution in [0.25, 0.3) is 0 Å². The number of ether oxygens (including phenoxy) is 2. The van der Waals surface area contributed by atoms with Gasteiger partial charge in [0.1, 0.15) is 23.1 Å². The molecule has 0 radical (unpaired) electrons. The Hall–Kier alpha value is -3.13. The molecule has 3 aromatic rings. The number of carbonyl (C=O) groups excluding carboxylic acids is 2. The summed E-state index contributed by atoms with van der Waals surface area (Å²) in [5.41, 5.74) is 2.86. The van der Waals surface area contributed by atoms with E-state index < -0.39 is 11.9 Å². The second-order valence-electron chi connectivity index (χ2n) is 6.60. The van der Waals surface area contributed by atoms with Gasteiger partial charge in [-0.1, -0.05) is 17.3 Å². The minimum Gasteiger partial charge on any atom is -0.489 e. The van der Waals surface area contributed by atoms with Gasteiger partial charge < -0.3 is 19.3 Å². The monoisotopic (exact) mass is 414 g/mol. The van der Waals surface area contributed by atoms with Crippen molar-refractivity contribution < 1.29 is 23.6 Å². The van der Waals surface area contributed by atoms with Gasteiger partial charge in [-0.05, 0) is 51.0 Å². The Kier molecular flexibility index (Phi) is 6.03. The third-order valence-electron chi connectivity index (χ3n) is 4.57. The average molecular weight is 414 g/mol. The standard InChI is InChI=1S/C21H22N2O5S/c1-11-7-6-8-15(9-11)27-10-16-13(3)28-23-18(16)19(24)22-20-17(21(25)26-5)12(2)14(4)29-20/h6-9H,10H2,1-5H3,(H,22,24). The molecule has 3 rings (SSSR count). The number of nitrogens with one attached hydrogen (secondary N) is 1. The van der Waals surface area contributed by atoms with Crippen molar-refractivity contribution in [3.05, 3.63) is 62.9 Å². The maximum absolute atomic E-state index is 12.9. The maximum Gasteiger partial charge on any atom is 0.341 e. The van der Waals surface area contributed by atoms with Crippen molar-refractivity contribution in [2.45, 2.75) is 34.3 Å². The van der Waals surface area contributed by atoms with Crippen molar-refractivity contribution in [3.63, 3.8) is 0 Å². The Bertz CT molecular complexity index is 1070. The Morgan fingerprint density at radius 1 is 1.21 bits per heavy atom. The molecule has 7 nitrogen and oxygen atoms in total. The second kappa shape index (κ2) is 8.48. The summed E-state index contributed by atoms with van der Waals surface area (Å²) >= 11 is 1.31. The van der Waals surface area contributed by atoms with Crippen molar-refractivity contribution in [1.29, 1.82) is 0 Å². The third kappa shape index (κ3) is 4.32. The van der Waals surface area contributed by atoms with Gasteiger partial charge in [0.15, 0.2) is 5.69 Å². The molecule has 1 amide bonds. The van der Waals surface area contributed by atoms with Crippen LogP contribution >= 0.6 is 11.3 Å². The fraction of sp³-hybridized carbons (Fsp3) is 0.286. The summed E-state index contributed by atoms with van der Waals surface area (Å²) in [7, 11) is 1.31. The molecule has 0 aliphatic rings. The lowest BCUT2D eigenvalue weighted by molar-refractivity contribution is 0.0601. The Balaban J connectivity index is 1.83. The predicted octanol–water partition coefficient (Wildman–Crippen LogP) is 4.59. The summed E-state index contributed by atoms with van der Waals surface area (Å²) < 4.78 is 15.9. The first kappa shape index (κ1) is 20.6. The fourth-order valence-corrected chi connectivity index (χ4v) is 3.87. The lowest BCUT2D eigenvalue weighted by Crippen LogP contribution is -2.17. The number of benzene rings is 1. The number of aryl methyl sites for hydroxylation is 3. The molecule has 2 heterocycles. The largest absolute Gasteiger partial charge is 0.489 e. The Labute approximate surface area is 172 Å². The smallest absolute Gasteiger partial charge is 0.341 e. The highest BCUT2D eigenvalue weighted by atomic mass is 32.1. The topological polar surface area (TPSA) is 90.7 Å². The normalized spacial score (nSPS) is 10.7. The predicted molar refractivity (Wildman–Crippen MR) is 110 cm³/mol. The zero-order chi connectivity index (χ0) is 21.1.